The summed E-state index contributed by atoms with van der Waals surface area (Å²) in [5.41, 5.74) is -0.295. The summed E-state index contributed by atoms with van der Waals surface area (Å²) in [5.74, 6) is -3.79. The van der Waals surface area contributed by atoms with Crippen LogP contribution in [0.5, 0.6) is 0 Å². The number of carbonyl (C=O) groups excluding carboxylic acids is 3. The fourth-order valence-electron chi connectivity index (χ4n) is 2.22. The highest BCUT2D eigenvalue weighted by atomic mass is 16.4. The number of carbonyl (C=O) groups is 3. The first kappa shape index (κ1) is 15.3. The molecule has 7 heteroatoms. The monoisotopic (exact) mass is 323 g/mol. The van der Waals surface area contributed by atoms with Crippen LogP contribution in [0.4, 0.5) is 5.69 Å². The third-order valence-electron chi connectivity index (χ3n) is 3.31. The Morgan fingerprint density at radius 2 is 1.50 bits per heavy atom. The van der Waals surface area contributed by atoms with Crippen LogP contribution in [0.1, 0.15) is 31.3 Å². The second kappa shape index (κ2) is 5.88. The third kappa shape index (κ3) is 2.95. The summed E-state index contributed by atoms with van der Waals surface area (Å²) in [4.78, 5) is 34.1. The Labute approximate surface area is 135 Å². The van der Waals surface area contributed by atoms with Crippen LogP contribution in [0.25, 0.3) is 11.0 Å². The maximum absolute atomic E-state index is 12.2. The number of rotatable bonds is 4. The average Bonchev–Trinajstić information content (AvgIpc) is 2.98. The van der Waals surface area contributed by atoms with Gasteiger partial charge in [0.05, 0.1) is 11.9 Å². The highest BCUT2D eigenvalue weighted by Gasteiger charge is 2.13. The number of carboxylic acids is 2. The lowest BCUT2D eigenvalue weighted by molar-refractivity contribution is -0.255. The van der Waals surface area contributed by atoms with E-state index in [1.54, 1.807) is 24.3 Å². The molecule has 0 saturated heterocycles. The zero-order chi connectivity index (χ0) is 17.3. The summed E-state index contributed by atoms with van der Waals surface area (Å²) in [6.07, 6.45) is 0. The maximum Gasteiger partial charge on any atom is 0.291 e. The van der Waals surface area contributed by atoms with Crippen LogP contribution >= 0.6 is 0 Å². The van der Waals surface area contributed by atoms with Crippen molar-refractivity contribution in [3.63, 3.8) is 0 Å². The number of para-hydroxylation sites is 1. The zero-order valence-corrected chi connectivity index (χ0v) is 12.1. The number of anilines is 1. The number of benzene rings is 2. The van der Waals surface area contributed by atoms with Gasteiger partial charge in [0.1, 0.15) is 5.58 Å². The van der Waals surface area contributed by atoms with Gasteiger partial charge in [0, 0.05) is 11.1 Å². The van der Waals surface area contributed by atoms with Gasteiger partial charge in [-0.05, 0) is 41.5 Å². The molecule has 1 amide bonds. The molecule has 0 aliphatic heterocycles. The van der Waals surface area contributed by atoms with E-state index >= 15 is 0 Å². The summed E-state index contributed by atoms with van der Waals surface area (Å²) in [7, 11) is 0. The van der Waals surface area contributed by atoms with E-state index in [9.17, 15) is 24.6 Å². The van der Waals surface area contributed by atoms with Crippen LogP contribution in [-0.2, 0) is 0 Å². The standard InChI is InChI=1S/C17H11NO6/c19-15(14-8-9-3-1-2-4-13(9)24-14)18-12-6-10(16(20)21)5-11(7-12)17(22)23/h1-8H,(H,18,19)(H,20,21)(H,22,23)/p-2. The third-order valence-corrected chi connectivity index (χ3v) is 3.31. The van der Waals surface area contributed by atoms with Crippen LogP contribution in [0.3, 0.4) is 0 Å². The van der Waals surface area contributed by atoms with E-state index in [-0.39, 0.29) is 11.4 Å². The van der Waals surface area contributed by atoms with Crippen molar-refractivity contribution in [3.8, 4) is 0 Å². The Bertz CT molecular complexity index is 907. The number of hydrogen-bond donors (Lipinski definition) is 1. The zero-order valence-electron chi connectivity index (χ0n) is 12.1. The number of nitrogens with one attached hydrogen (secondary N) is 1. The largest absolute Gasteiger partial charge is 0.545 e. The van der Waals surface area contributed by atoms with Crippen LogP contribution < -0.4 is 15.5 Å². The van der Waals surface area contributed by atoms with Crippen molar-refractivity contribution in [3.05, 3.63) is 65.4 Å². The van der Waals surface area contributed by atoms with Crippen LogP contribution in [-0.4, -0.2) is 17.8 Å². The van der Waals surface area contributed by atoms with Crippen LogP contribution in [0, 0.1) is 0 Å². The van der Waals surface area contributed by atoms with Crippen LogP contribution in [0.15, 0.2) is 52.9 Å². The Morgan fingerprint density at radius 3 is 2.08 bits per heavy atom. The molecule has 0 atom stereocenters. The predicted molar refractivity (Wildman–Crippen MR) is 79.3 cm³/mol. The van der Waals surface area contributed by atoms with E-state index in [1.807, 2.05) is 0 Å². The van der Waals surface area contributed by atoms with Gasteiger partial charge in [-0.25, -0.2) is 0 Å². The van der Waals surface area contributed by atoms with E-state index < -0.39 is 29.0 Å². The van der Waals surface area contributed by atoms with Crippen molar-refractivity contribution in [1.82, 2.24) is 0 Å². The minimum absolute atomic E-state index is 0.00468. The molecule has 0 radical (unpaired) electrons. The summed E-state index contributed by atoms with van der Waals surface area (Å²) in [6.45, 7) is 0. The fraction of sp³-hybridized carbons (Fsp3) is 0. The first-order valence-corrected chi connectivity index (χ1v) is 6.82. The number of amides is 1. The molecule has 24 heavy (non-hydrogen) atoms. The molecule has 0 bridgehead atoms. The van der Waals surface area contributed by atoms with Gasteiger partial charge in [-0.2, -0.15) is 0 Å². The molecule has 7 nitrogen and oxygen atoms in total. The summed E-state index contributed by atoms with van der Waals surface area (Å²) >= 11 is 0. The maximum atomic E-state index is 12.2. The molecule has 0 saturated carbocycles. The minimum atomic E-state index is -1.57. The lowest BCUT2D eigenvalue weighted by Gasteiger charge is -2.11. The van der Waals surface area contributed by atoms with E-state index in [2.05, 4.69) is 5.32 Å². The van der Waals surface area contributed by atoms with Crippen molar-refractivity contribution >= 4 is 34.5 Å². The normalized spacial score (nSPS) is 10.5. The highest BCUT2D eigenvalue weighted by Crippen LogP contribution is 2.21. The molecule has 0 aliphatic rings. The average molecular weight is 323 g/mol. The molecule has 0 spiro atoms. The van der Waals surface area contributed by atoms with Gasteiger partial charge in [-0.1, -0.05) is 18.2 Å². The molecule has 0 unspecified atom stereocenters. The molecule has 0 aliphatic carbocycles. The first-order valence-electron chi connectivity index (χ1n) is 6.82. The van der Waals surface area contributed by atoms with Gasteiger partial charge in [-0.15, -0.1) is 0 Å². The second-order valence-corrected chi connectivity index (χ2v) is 4.98. The van der Waals surface area contributed by atoms with Crippen molar-refractivity contribution in [2.45, 2.75) is 0 Å². The Morgan fingerprint density at radius 1 is 0.875 bits per heavy atom. The smallest absolute Gasteiger partial charge is 0.291 e. The molecule has 2 aromatic carbocycles. The van der Waals surface area contributed by atoms with Crippen LogP contribution in [0.2, 0.25) is 0 Å². The number of carboxylic acid groups (broad SMARTS) is 2. The Balaban J connectivity index is 1.93. The molecular formula is C17H9NO6-2. The van der Waals surface area contributed by atoms with Gasteiger partial charge in [0.2, 0.25) is 0 Å². The summed E-state index contributed by atoms with van der Waals surface area (Å²) in [5, 5.41) is 25.0. The van der Waals surface area contributed by atoms with Crippen molar-refractivity contribution < 1.29 is 29.0 Å². The van der Waals surface area contributed by atoms with Gasteiger partial charge >= 0.3 is 0 Å². The lowest BCUT2D eigenvalue weighted by atomic mass is 10.1. The van der Waals surface area contributed by atoms with Gasteiger partial charge < -0.3 is 29.5 Å². The number of furan rings is 1. The molecule has 0 fully saturated rings. The first-order chi connectivity index (χ1) is 11.4. The summed E-state index contributed by atoms with van der Waals surface area (Å²) < 4.78 is 5.39. The molecule has 3 rings (SSSR count). The van der Waals surface area contributed by atoms with Crippen molar-refractivity contribution in [1.29, 1.82) is 0 Å². The summed E-state index contributed by atoms with van der Waals surface area (Å²) in [6, 6.07) is 11.6. The second-order valence-electron chi connectivity index (χ2n) is 4.98. The van der Waals surface area contributed by atoms with Crippen molar-refractivity contribution in [2.24, 2.45) is 0 Å². The molecule has 1 heterocycles. The number of aromatic carboxylic acids is 2. The Hall–Kier alpha value is -3.61. The van der Waals surface area contributed by atoms with E-state index in [1.165, 1.54) is 6.07 Å². The lowest BCUT2D eigenvalue weighted by Crippen LogP contribution is -2.26. The van der Waals surface area contributed by atoms with Gasteiger partial charge in [-0.3, -0.25) is 4.79 Å². The highest BCUT2D eigenvalue weighted by molar-refractivity contribution is 6.05. The topological polar surface area (TPSA) is 122 Å². The number of hydrogen-bond acceptors (Lipinski definition) is 6. The quantitative estimate of drug-likeness (QED) is 0.742. The SMILES string of the molecule is O=C([O-])c1cc(NC(=O)c2cc3ccccc3o2)cc(C(=O)[O-])c1. The molecule has 120 valence electrons. The molecular weight excluding hydrogens is 314 g/mol. The van der Waals surface area contributed by atoms with E-state index in [0.29, 0.717) is 5.58 Å². The number of fused-ring (bicyclic) bond motifs is 1. The molecule has 1 aromatic heterocycles. The van der Waals surface area contributed by atoms with Crippen molar-refractivity contribution in [2.75, 3.05) is 5.32 Å². The van der Waals surface area contributed by atoms with Gasteiger partial charge in [0.15, 0.2) is 5.76 Å². The fourth-order valence-corrected chi connectivity index (χ4v) is 2.22. The van der Waals surface area contributed by atoms with E-state index in [0.717, 1.165) is 23.6 Å². The molecule has 3 aromatic rings. The Kier molecular flexibility index (Phi) is 3.75. The minimum Gasteiger partial charge on any atom is -0.545 e. The van der Waals surface area contributed by atoms with Gasteiger partial charge in [0.25, 0.3) is 5.91 Å². The predicted octanol–water partition coefficient (Wildman–Crippen LogP) is 0.412. The molecule has 1 N–H and O–H groups in total. The van der Waals surface area contributed by atoms with E-state index in [4.69, 9.17) is 4.42 Å².